The number of rotatable bonds is 16. The Morgan fingerprint density at radius 2 is 1.29 bits per heavy atom. The molecule has 0 aromatic heterocycles. The van der Waals surface area contributed by atoms with Crippen molar-refractivity contribution in [1.82, 2.24) is 10.6 Å². The Hall–Kier alpha value is -2.43. The maximum Gasteiger partial charge on any atom is 0.364 e. The number of aliphatic hydroxyl groups excluding tert-OH is 14. The molecule has 58 heavy (non-hydrogen) atoms. The quantitative estimate of drug-likeness (QED) is 0.0685. The van der Waals surface area contributed by atoms with Crippen LogP contribution in [0.15, 0.2) is 0 Å². The standard InChI is InChI=1S/C31H52N2O25/c1-8(39)32-16-19(45)18(44)11(4-35)53-28(16)56-24-13(6-37)54-29(55-23-12(5-36)52-27(49)21(47)20(23)46)22(48)26(24)58-31(30(50)51)2-9(40)15(33-14(42)7-38)25(57-31)17(43)10(41)3-34/h9-13,15-29,34-38,40-41,43-49H,2-7H2,1H3,(H,32,39)(H,33,42)(H,50,51)/t9-,10+,11+,12+,13+,15+,16+,17+,18-,19+,20+,21+,22+,23+,24-,25+,26+,27+,28-,29-,31-/m0/s1. The fraction of sp³-hybridized carbons (Fsp3) is 0.903. The van der Waals surface area contributed by atoms with E-state index in [2.05, 4.69) is 10.6 Å². The molecule has 4 aliphatic heterocycles. The van der Waals surface area contributed by atoms with Crippen molar-refractivity contribution >= 4 is 17.8 Å². The molecule has 0 aromatic carbocycles. The topological polar surface area (TPSA) is 443 Å². The van der Waals surface area contributed by atoms with E-state index in [1.807, 2.05) is 0 Å². The van der Waals surface area contributed by atoms with Gasteiger partial charge in [0.2, 0.25) is 11.8 Å². The molecule has 0 spiro atoms. The molecule has 336 valence electrons. The predicted octanol–water partition coefficient (Wildman–Crippen LogP) is -11.3. The minimum absolute atomic E-state index is 0.818. The summed E-state index contributed by atoms with van der Waals surface area (Å²) in [6, 6.07) is -3.52. The Morgan fingerprint density at radius 1 is 0.707 bits per heavy atom. The first-order valence-electron chi connectivity index (χ1n) is 17.9. The molecule has 4 heterocycles. The van der Waals surface area contributed by atoms with Crippen molar-refractivity contribution in [2.45, 2.75) is 142 Å². The Labute approximate surface area is 327 Å². The highest BCUT2D eigenvalue weighted by Crippen LogP contribution is 2.40. The minimum atomic E-state index is -3.29. The first-order valence-corrected chi connectivity index (χ1v) is 17.9. The number of carboxylic acids is 1. The fourth-order valence-electron chi connectivity index (χ4n) is 7.05. The summed E-state index contributed by atoms with van der Waals surface area (Å²) in [7, 11) is 0. The molecule has 4 rings (SSSR count). The Morgan fingerprint density at radius 3 is 1.84 bits per heavy atom. The average Bonchev–Trinajstić information content (AvgIpc) is 3.19. The maximum absolute atomic E-state index is 13.2. The summed E-state index contributed by atoms with van der Waals surface area (Å²) >= 11 is 0. The van der Waals surface area contributed by atoms with Crippen LogP contribution in [0.3, 0.4) is 0 Å². The normalized spacial score (nSPS) is 44.5. The average molecular weight is 853 g/mol. The van der Waals surface area contributed by atoms with E-state index >= 15 is 0 Å². The van der Waals surface area contributed by atoms with Crippen LogP contribution in [0.1, 0.15) is 13.3 Å². The van der Waals surface area contributed by atoms with Gasteiger partial charge in [-0.2, -0.15) is 0 Å². The smallest absolute Gasteiger partial charge is 0.364 e. The number of hydrogen-bond acceptors (Lipinski definition) is 24. The summed E-state index contributed by atoms with van der Waals surface area (Å²) in [6.45, 7) is -4.42. The zero-order valence-corrected chi connectivity index (χ0v) is 30.6. The zero-order chi connectivity index (χ0) is 43.4. The van der Waals surface area contributed by atoms with E-state index in [-0.39, 0.29) is 0 Å². The second kappa shape index (κ2) is 20.4. The molecule has 4 aliphatic rings. The fourth-order valence-corrected chi connectivity index (χ4v) is 7.05. The van der Waals surface area contributed by atoms with Gasteiger partial charge in [0.1, 0.15) is 98.1 Å². The van der Waals surface area contributed by atoms with Crippen LogP contribution < -0.4 is 10.6 Å². The Kier molecular flexibility index (Phi) is 17.0. The van der Waals surface area contributed by atoms with Gasteiger partial charge in [-0.25, -0.2) is 4.79 Å². The molecular weight excluding hydrogens is 800 g/mol. The molecule has 17 N–H and O–H groups in total. The molecular formula is C31H52N2O25. The van der Waals surface area contributed by atoms with Gasteiger partial charge in [0.15, 0.2) is 18.9 Å². The van der Waals surface area contributed by atoms with Crippen LogP contribution in [-0.2, 0) is 47.5 Å². The lowest BCUT2D eigenvalue weighted by Gasteiger charge is -2.52. The number of amides is 2. The molecule has 4 fully saturated rings. The van der Waals surface area contributed by atoms with Crippen molar-refractivity contribution < 1.29 is 124 Å². The summed E-state index contributed by atoms with van der Waals surface area (Å²) < 4.78 is 39.6. The Bertz CT molecular complexity index is 1370. The molecule has 0 saturated carbocycles. The highest BCUT2D eigenvalue weighted by atomic mass is 16.8. The monoisotopic (exact) mass is 852 g/mol. The number of hydrogen-bond donors (Lipinski definition) is 17. The van der Waals surface area contributed by atoms with Gasteiger partial charge < -0.3 is 120 Å². The summed E-state index contributed by atoms with van der Waals surface area (Å²) in [4.78, 5) is 37.4. The van der Waals surface area contributed by atoms with Crippen LogP contribution in [0.2, 0.25) is 0 Å². The molecule has 0 aromatic rings. The molecule has 0 unspecified atom stereocenters. The van der Waals surface area contributed by atoms with E-state index in [0.717, 1.165) is 6.92 Å². The number of carbonyl (C=O) groups is 3. The van der Waals surface area contributed by atoms with Gasteiger partial charge in [0, 0.05) is 13.3 Å². The maximum atomic E-state index is 13.2. The largest absolute Gasteiger partial charge is 0.477 e. The number of aliphatic hydroxyl groups is 14. The van der Waals surface area contributed by atoms with Crippen molar-refractivity contribution in [3.63, 3.8) is 0 Å². The highest BCUT2D eigenvalue weighted by Gasteiger charge is 2.61. The van der Waals surface area contributed by atoms with Crippen LogP contribution in [0.25, 0.3) is 0 Å². The highest BCUT2D eigenvalue weighted by molar-refractivity contribution is 5.78. The van der Waals surface area contributed by atoms with Crippen molar-refractivity contribution in [3.05, 3.63) is 0 Å². The van der Waals surface area contributed by atoms with E-state index in [4.69, 9.17) is 33.2 Å². The van der Waals surface area contributed by atoms with Crippen LogP contribution in [0.4, 0.5) is 0 Å². The molecule has 2 amide bonds. The molecule has 21 atom stereocenters. The summed E-state index contributed by atoms with van der Waals surface area (Å²) in [5.41, 5.74) is 0. The van der Waals surface area contributed by atoms with Gasteiger partial charge in [-0.1, -0.05) is 0 Å². The summed E-state index contributed by atoms with van der Waals surface area (Å²) in [6.07, 6.45) is -37.9. The number of carboxylic acid groups (broad SMARTS) is 1. The second-order valence-electron chi connectivity index (χ2n) is 14.1. The molecule has 0 radical (unpaired) electrons. The molecule has 27 heteroatoms. The third-order valence-electron chi connectivity index (χ3n) is 10.1. The number of ether oxygens (including phenoxy) is 7. The first-order chi connectivity index (χ1) is 27.3. The molecule has 27 nitrogen and oxygen atoms in total. The van der Waals surface area contributed by atoms with Gasteiger partial charge in [0.25, 0.3) is 5.79 Å². The van der Waals surface area contributed by atoms with Crippen molar-refractivity contribution in [3.8, 4) is 0 Å². The molecule has 0 bridgehead atoms. The lowest BCUT2D eigenvalue weighted by atomic mass is 9.88. The van der Waals surface area contributed by atoms with Gasteiger partial charge in [-0.3, -0.25) is 9.59 Å². The molecule has 4 saturated heterocycles. The van der Waals surface area contributed by atoms with Gasteiger partial charge in [-0.05, 0) is 0 Å². The third kappa shape index (κ3) is 10.2. The SMILES string of the molecule is CC(=O)N[C@H]1[C@H](O[C@@H]2[C@H](O[C@]3(C(=O)O)C[C@H](O)[C@@H](NC(=O)CO)[C@H]([C@H](O)[C@H](O)CO)O3)[C@@H](O)[C@H](O[C@H]3[C@H](O)[C@@H](O)[C@H](O)O[C@@H]3CO)O[C@@H]2CO)O[C@H](CO)[C@H](O)[C@@H]1O. The lowest BCUT2D eigenvalue weighted by molar-refractivity contribution is -0.400. The van der Waals surface area contributed by atoms with E-state index in [0.29, 0.717) is 0 Å². The zero-order valence-electron chi connectivity index (χ0n) is 30.6. The van der Waals surface area contributed by atoms with Crippen LogP contribution in [0, 0.1) is 0 Å². The minimum Gasteiger partial charge on any atom is -0.477 e. The third-order valence-corrected chi connectivity index (χ3v) is 10.1. The van der Waals surface area contributed by atoms with E-state index in [9.17, 15) is 91.0 Å². The second-order valence-corrected chi connectivity index (χ2v) is 14.1. The summed E-state index contributed by atoms with van der Waals surface area (Å²) in [5, 5.41) is 161. The van der Waals surface area contributed by atoms with E-state index in [1.54, 1.807) is 0 Å². The Balaban J connectivity index is 1.82. The van der Waals surface area contributed by atoms with Crippen LogP contribution in [-0.4, -0.2) is 256 Å². The van der Waals surface area contributed by atoms with Crippen molar-refractivity contribution in [2.75, 3.05) is 33.0 Å². The van der Waals surface area contributed by atoms with Gasteiger partial charge in [0.05, 0.1) is 38.6 Å². The van der Waals surface area contributed by atoms with Crippen LogP contribution in [0.5, 0.6) is 0 Å². The first kappa shape index (κ1) is 48.2. The van der Waals surface area contributed by atoms with E-state index in [1.165, 1.54) is 0 Å². The number of carbonyl (C=O) groups excluding carboxylic acids is 2. The predicted molar refractivity (Wildman–Crippen MR) is 176 cm³/mol. The van der Waals surface area contributed by atoms with Crippen molar-refractivity contribution in [2.24, 2.45) is 0 Å². The van der Waals surface area contributed by atoms with Crippen molar-refractivity contribution in [1.29, 1.82) is 0 Å². The van der Waals surface area contributed by atoms with Gasteiger partial charge >= 0.3 is 5.97 Å². The number of aliphatic carboxylic acids is 1. The van der Waals surface area contributed by atoms with E-state index < -0.39 is 186 Å². The molecule has 0 aliphatic carbocycles. The summed E-state index contributed by atoms with van der Waals surface area (Å²) in [5.74, 6) is -7.40. The van der Waals surface area contributed by atoms with Crippen LogP contribution >= 0.6 is 0 Å². The van der Waals surface area contributed by atoms with Gasteiger partial charge in [-0.15, -0.1) is 0 Å². The lowest BCUT2D eigenvalue weighted by Crippen LogP contribution is -2.72. The number of nitrogens with one attached hydrogen (secondary N) is 2.